The summed E-state index contributed by atoms with van der Waals surface area (Å²) in [4.78, 5) is 24.1. The summed E-state index contributed by atoms with van der Waals surface area (Å²) in [5.41, 5.74) is 5.80. The number of hydrogen-bond donors (Lipinski definition) is 2. The van der Waals surface area contributed by atoms with Gasteiger partial charge in [-0.25, -0.2) is 0 Å². The molecule has 3 N–H and O–H groups in total. The van der Waals surface area contributed by atoms with Gasteiger partial charge in [0.1, 0.15) is 12.6 Å². The molecule has 1 unspecified atom stereocenters. The fourth-order valence-electron chi connectivity index (χ4n) is 1.55. The molecule has 0 saturated heterocycles. The molecule has 1 atom stereocenters. The highest BCUT2D eigenvalue weighted by atomic mass is 35.5. The van der Waals surface area contributed by atoms with E-state index >= 15 is 0 Å². The lowest BCUT2D eigenvalue weighted by Crippen LogP contribution is -2.46. The molecule has 0 spiro atoms. The van der Waals surface area contributed by atoms with Crippen molar-refractivity contribution in [3.05, 3.63) is 29.3 Å². The minimum Gasteiger partial charge on any atom is -0.480 e. The van der Waals surface area contributed by atoms with Crippen molar-refractivity contribution in [1.82, 2.24) is 0 Å². The molecule has 6 nitrogen and oxygen atoms in total. The van der Waals surface area contributed by atoms with Crippen LogP contribution in [0.5, 0.6) is 0 Å². The predicted molar refractivity (Wildman–Crippen MR) is 71.3 cm³/mol. The summed E-state index contributed by atoms with van der Waals surface area (Å²) in [6.07, 6.45) is -0.890. The first-order chi connectivity index (χ1) is 8.99. The summed E-state index contributed by atoms with van der Waals surface area (Å²) >= 11 is 5.84. The summed E-state index contributed by atoms with van der Waals surface area (Å²) in [5, 5.41) is 9.30. The first-order valence-electron chi connectivity index (χ1n) is 5.51. The molecule has 0 bridgehead atoms. The highest BCUT2D eigenvalue weighted by Gasteiger charge is 2.26. The van der Waals surface area contributed by atoms with Crippen LogP contribution in [0, 0.1) is 0 Å². The van der Waals surface area contributed by atoms with E-state index in [1.165, 1.54) is 13.2 Å². The number of methoxy groups -OCH3 is 1. The largest absolute Gasteiger partial charge is 0.480 e. The van der Waals surface area contributed by atoms with Crippen LogP contribution in [0.3, 0.4) is 0 Å². The molecule has 0 saturated carbocycles. The lowest BCUT2D eigenvalue weighted by molar-refractivity contribution is -0.138. The Morgan fingerprint density at radius 2 is 2.21 bits per heavy atom. The highest BCUT2D eigenvalue weighted by molar-refractivity contribution is 6.31. The standard InChI is InChI=1S/C12H15ClN2O4/c1-19-10(6-14)12(18)15(7-11(16)17)9-4-2-3-8(13)5-9/h2-5,10H,6-7,14H2,1H3,(H,16,17). The molecule has 0 heterocycles. The lowest BCUT2D eigenvalue weighted by atomic mass is 10.2. The maximum absolute atomic E-state index is 12.2. The second-order valence-electron chi connectivity index (χ2n) is 3.76. The molecule has 7 heteroatoms. The van der Waals surface area contributed by atoms with Crippen molar-refractivity contribution in [2.75, 3.05) is 25.1 Å². The van der Waals surface area contributed by atoms with Crippen LogP contribution in [0.4, 0.5) is 5.69 Å². The molecule has 0 aromatic heterocycles. The van der Waals surface area contributed by atoms with E-state index in [0.717, 1.165) is 4.90 Å². The van der Waals surface area contributed by atoms with Gasteiger partial charge in [0.15, 0.2) is 0 Å². The second-order valence-corrected chi connectivity index (χ2v) is 4.19. The van der Waals surface area contributed by atoms with Crippen molar-refractivity contribution in [2.45, 2.75) is 6.10 Å². The van der Waals surface area contributed by atoms with E-state index in [2.05, 4.69) is 0 Å². The van der Waals surface area contributed by atoms with Gasteiger partial charge in [-0.2, -0.15) is 0 Å². The number of benzene rings is 1. The Balaban J connectivity index is 3.07. The molecule has 0 aliphatic rings. The number of anilines is 1. The second kappa shape index (κ2) is 7.08. The molecule has 1 rings (SSSR count). The molecular weight excluding hydrogens is 272 g/mol. The van der Waals surface area contributed by atoms with Crippen LogP contribution < -0.4 is 10.6 Å². The van der Waals surface area contributed by atoms with Crippen molar-refractivity contribution < 1.29 is 19.4 Å². The quantitative estimate of drug-likeness (QED) is 0.804. The molecular formula is C12H15ClN2O4. The third kappa shape index (κ3) is 4.20. The number of rotatable bonds is 6. The maximum atomic E-state index is 12.2. The van der Waals surface area contributed by atoms with Gasteiger partial charge in [0.25, 0.3) is 5.91 Å². The molecule has 0 fully saturated rings. The lowest BCUT2D eigenvalue weighted by Gasteiger charge is -2.24. The molecule has 1 aromatic carbocycles. The van der Waals surface area contributed by atoms with Crippen LogP contribution in [0.1, 0.15) is 0 Å². The first-order valence-corrected chi connectivity index (χ1v) is 5.89. The Hall–Kier alpha value is -1.63. The van der Waals surface area contributed by atoms with Crippen molar-refractivity contribution in [1.29, 1.82) is 0 Å². The fourth-order valence-corrected chi connectivity index (χ4v) is 1.73. The number of carbonyl (C=O) groups is 2. The molecule has 0 aliphatic heterocycles. The van der Waals surface area contributed by atoms with Crippen molar-refractivity contribution in [3.63, 3.8) is 0 Å². The van der Waals surface area contributed by atoms with Gasteiger partial charge in [0.05, 0.1) is 0 Å². The van der Waals surface area contributed by atoms with Gasteiger partial charge in [-0.05, 0) is 18.2 Å². The van der Waals surface area contributed by atoms with Crippen LogP contribution in [-0.4, -0.2) is 43.3 Å². The molecule has 0 radical (unpaired) electrons. The van der Waals surface area contributed by atoms with Crippen LogP contribution >= 0.6 is 11.6 Å². The fraction of sp³-hybridized carbons (Fsp3) is 0.333. The van der Waals surface area contributed by atoms with Crippen LogP contribution in [-0.2, 0) is 14.3 Å². The molecule has 1 aromatic rings. The van der Waals surface area contributed by atoms with Gasteiger partial charge in [0.2, 0.25) is 0 Å². The van der Waals surface area contributed by atoms with Crippen molar-refractivity contribution in [2.24, 2.45) is 5.73 Å². The average molecular weight is 287 g/mol. The predicted octanol–water partition coefficient (Wildman–Crippen LogP) is 0.731. The number of nitrogens with two attached hydrogens (primary N) is 1. The van der Waals surface area contributed by atoms with Gasteiger partial charge >= 0.3 is 5.97 Å². The van der Waals surface area contributed by atoms with E-state index in [0.29, 0.717) is 10.7 Å². The molecule has 104 valence electrons. The number of carboxylic acid groups (broad SMARTS) is 1. The highest BCUT2D eigenvalue weighted by Crippen LogP contribution is 2.20. The normalized spacial score (nSPS) is 11.9. The molecule has 1 amide bonds. The summed E-state index contributed by atoms with van der Waals surface area (Å²) in [7, 11) is 1.34. The van der Waals surface area contributed by atoms with Gasteiger partial charge in [-0.15, -0.1) is 0 Å². The number of carboxylic acids is 1. The zero-order chi connectivity index (χ0) is 14.4. The minimum absolute atomic E-state index is 0.0357. The monoisotopic (exact) mass is 286 g/mol. The Morgan fingerprint density at radius 1 is 1.53 bits per heavy atom. The first kappa shape index (κ1) is 15.4. The van der Waals surface area contributed by atoms with Crippen molar-refractivity contribution >= 4 is 29.2 Å². The Bertz CT molecular complexity index is 463. The van der Waals surface area contributed by atoms with Crippen LogP contribution in [0.25, 0.3) is 0 Å². The summed E-state index contributed by atoms with van der Waals surface area (Å²) < 4.78 is 4.93. The van der Waals surface area contributed by atoms with Gasteiger partial charge < -0.3 is 15.6 Å². The maximum Gasteiger partial charge on any atom is 0.323 e. The summed E-state index contributed by atoms with van der Waals surface area (Å²) in [5.74, 6) is -1.66. The number of ether oxygens (including phenoxy) is 1. The van der Waals surface area contributed by atoms with Crippen LogP contribution in [0.2, 0.25) is 5.02 Å². The number of amides is 1. The Kier molecular flexibility index (Phi) is 5.75. The van der Waals surface area contributed by atoms with E-state index in [1.54, 1.807) is 18.2 Å². The Labute approximate surface area is 115 Å². The zero-order valence-electron chi connectivity index (χ0n) is 10.4. The van der Waals surface area contributed by atoms with E-state index in [4.69, 9.17) is 27.2 Å². The topological polar surface area (TPSA) is 92.9 Å². The summed E-state index contributed by atoms with van der Waals surface area (Å²) in [6.45, 7) is -0.523. The number of hydrogen-bond acceptors (Lipinski definition) is 4. The third-order valence-corrected chi connectivity index (χ3v) is 2.69. The van der Waals surface area contributed by atoms with E-state index < -0.39 is 24.5 Å². The minimum atomic E-state index is -1.14. The van der Waals surface area contributed by atoms with E-state index in [9.17, 15) is 9.59 Å². The van der Waals surface area contributed by atoms with E-state index in [1.807, 2.05) is 0 Å². The summed E-state index contributed by atoms with van der Waals surface area (Å²) in [6, 6.07) is 6.36. The smallest absolute Gasteiger partial charge is 0.323 e. The Morgan fingerprint density at radius 3 is 2.68 bits per heavy atom. The van der Waals surface area contributed by atoms with Gasteiger partial charge in [-0.1, -0.05) is 17.7 Å². The van der Waals surface area contributed by atoms with E-state index in [-0.39, 0.29) is 6.54 Å². The third-order valence-electron chi connectivity index (χ3n) is 2.45. The van der Waals surface area contributed by atoms with Crippen molar-refractivity contribution in [3.8, 4) is 0 Å². The SMILES string of the molecule is COC(CN)C(=O)N(CC(=O)O)c1cccc(Cl)c1. The number of halogens is 1. The zero-order valence-corrected chi connectivity index (χ0v) is 11.1. The number of carbonyl (C=O) groups excluding carboxylic acids is 1. The number of aliphatic carboxylic acids is 1. The average Bonchev–Trinajstić information content (AvgIpc) is 2.37. The van der Waals surface area contributed by atoms with Crippen LogP contribution in [0.15, 0.2) is 24.3 Å². The molecule has 0 aliphatic carbocycles. The van der Waals surface area contributed by atoms with Gasteiger partial charge in [0, 0.05) is 24.4 Å². The number of nitrogens with zero attached hydrogens (tertiary/aromatic N) is 1. The molecule has 19 heavy (non-hydrogen) atoms. The van der Waals surface area contributed by atoms with Gasteiger partial charge in [-0.3, -0.25) is 14.5 Å².